The van der Waals surface area contributed by atoms with Crippen LogP contribution in [0.1, 0.15) is 25.0 Å². The lowest BCUT2D eigenvalue weighted by atomic mass is 9.81. The average Bonchev–Trinajstić information content (AvgIpc) is 3.91. The summed E-state index contributed by atoms with van der Waals surface area (Å²) in [5, 5.41) is 3.17. The van der Waals surface area contributed by atoms with E-state index >= 15 is 0 Å². The van der Waals surface area contributed by atoms with E-state index in [-0.39, 0.29) is 5.41 Å². The van der Waals surface area contributed by atoms with Crippen LogP contribution in [0.4, 0.5) is 0 Å². The highest BCUT2D eigenvalue weighted by molar-refractivity contribution is 7.22. The summed E-state index contributed by atoms with van der Waals surface area (Å²) in [5.74, 6) is 1.80. The van der Waals surface area contributed by atoms with Crippen molar-refractivity contribution in [1.82, 2.24) is 19.9 Å². The maximum atomic E-state index is 6.40. The van der Waals surface area contributed by atoms with Gasteiger partial charge in [-0.05, 0) is 57.6 Å². The lowest BCUT2D eigenvalue weighted by Crippen LogP contribution is -2.15. The van der Waals surface area contributed by atoms with E-state index in [4.69, 9.17) is 24.4 Å². The van der Waals surface area contributed by atoms with E-state index in [1.54, 1.807) is 11.3 Å². The van der Waals surface area contributed by atoms with Crippen molar-refractivity contribution in [2.45, 2.75) is 19.3 Å². The van der Waals surface area contributed by atoms with E-state index in [9.17, 15) is 0 Å². The highest BCUT2D eigenvalue weighted by atomic mass is 32.1. The van der Waals surface area contributed by atoms with Crippen LogP contribution in [0.3, 0.4) is 0 Å². The van der Waals surface area contributed by atoms with Crippen molar-refractivity contribution < 1.29 is 4.42 Å². The highest BCUT2D eigenvalue weighted by Gasteiger charge is 2.38. The Hall–Kier alpha value is -6.76. The normalized spacial score (nSPS) is 13.1. The van der Waals surface area contributed by atoms with Gasteiger partial charge in [0.2, 0.25) is 0 Å². The van der Waals surface area contributed by atoms with Crippen LogP contribution in [0.15, 0.2) is 162 Å². The number of fused-ring (bicyclic) bond motifs is 8. The highest BCUT2D eigenvalue weighted by Crippen LogP contribution is 2.53. The average molecular weight is 725 g/mol. The molecular weight excluding hydrogens is 693 g/mol. The number of thiazole rings is 1. The minimum atomic E-state index is -0.182. The van der Waals surface area contributed by atoms with E-state index < -0.39 is 0 Å². The van der Waals surface area contributed by atoms with Gasteiger partial charge in [0.25, 0.3) is 0 Å². The Labute approximate surface area is 321 Å². The van der Waals surface area contributed by atoms with Crippen LogP contribution in [-0.2, 0) is 5.41 Å². The van der Waals surface area contributed by atoms with Crippen molar-refractivity contribution in [3.05, 3.63) is 169 Å². The fraction of sp³-hybridized carbons (Fsp3) is 0.0612. The molecule has 0 aliphatic heterocycles. The van der Waals surface area contributed by atoms with E-state index in [2.05, 4.69) is 111 Å². The molecule has 11 rings (SSSR count). The monoisotopic (exact) mass is 724 g/mol. The predicted octanol–water partition coefficient (Wildman–Crippen LogP) is 13.0. The predicted molar refractivity (Wildman–Crippen MR) is 225 cm³/mol. The molecule has 0 amide bonds. The molecule has 0 N–H and O–H groups in total. The van der Waals surface area contributed by atoms with Crippen molar-refractivity contribution in [2.24, 2.45) is 0 Å². The molecule has 3 aromatic heterocycles. The summed E-state index contributed by atoms with van der Waals surface area (Å²) in [6, 6.07) is 54.7. The molecule has 260 valence electrons. The number of rotatable bonds is 5. The largest absolute Gasteiger partial charge is 0.455 e. The number of nitrogens with zero attached hydrogens (tertiary/aromatic N) is 4. The van der Waals surface area contributed by atoms with Crippen LogP contribution < -0.4 is 0 Å². The molecule has 0 atom stereocenters. The second-order valence-electron chi connectivity index (χ2n) is 14.6. The quantitative estimate of drug-likeness (QED) is 0.177. The van der Waals surface area contributed by atoms with Gasteiger partial charge in [-0.15, -0.1) is 11.3 Å². The first-order chi connectivity index (χ1) is 27.0. The lowest BCUT2D eigenvalue weighted by molar-refractivity contribution is 0.667. The Morgan fingerprint density at radius 1 is 0.473 bits per heavy atom. The SMILES string of the molecule is CC1(C)c2cc(-c3ccc(-c4nc(-c5ccccc5)nc(-c5cccc6c5oc5ccccc56)n4)cc3)ccc2-c2ccc3nc(-c4ccccc4)sc3c21. The summed E-state index contributed by atoms with van der Waals surface area (Å²) in [4.78, 5) is 20.1. The molecule has 7 aromatic carbocycles. The summed E-state index contributed by atoms with van der Waals surface area (Å²) in [6.45, 7) is 4.70. The molecule has 3 heterocycles. The zero-order chi connectivity index (χ0) is 36.7. The summed E-state index contributed by atoms with van der Waals surface area (Å²) in [7, 11) is 0. The molecule has 55 heavy (non-hydrogen) atoms. The van der Waals surface area contributed by atoms with Crippen molar-refractivity contribution in [3.63, 3.8) is 0 Å². The van der Waals surface area contributed by atoms with Crippen LogP contribution in [0, 0.1) is 0 Å². The van der Waals surface area contributed by atoms with Crippen LogP contribution in [-0.4, -0.2) is 19.9 Å². The fourth-order valence-electron chi connectivity index (χ4n) is 8.23. The van der Waals surface area contributed by atoms with Crippen LogP contribution in [0.2, 0.25) is 0 Å². The van der Waals surface area contributed by atoms with E-state index in [0.29, 0.717) is 17.5 Å². The van der Waals surface area contributed by atoms with E-state index in [1.807, 2.05) is 60.7 Å². The molecule has 0 saturated carbocycles. The molecule has 0 bridgehead atoms. The third-order valence-electron chi connectivity index (χ3n) is 11.0. The van der Waals surface area contributed by atoms with Crippen molar-refractivity contribution in [2.75, 3.05) is 0 Å². The van der Waals surface area contributed by atoms with Crippen molar-refractivity contribution in [3.8, 4) is 67.0 Å². The minimum absolute atomic E-state index is 0.182. The molecule has 6 heteroatoms. The minimum Gasteiger partial charge on any atom is -0.455 e. The molecular formula is C49H32N4OS. The van der Waals surface area contributed by atoms with Gasteiger partial charge in [-0.2, -0.15) is 0 Å². The van der Waals surface area contributed by atoms with Gasteiger partial charge in [0.15, 0.2) is 17.5 Å². The second-order valence-corrected chi connectivity index (χ2v) is 15.6. The molecule has 5 nitrogen and oxygen atoms in total. The lowest BCUT2D eigenvalue weighted by Gasteiger charge is -2.22. The number of aromatic nitrogens is 4. The van der Waals surface area contributed by atoms with Crippen molar-refractivity contribution in [1.29, 1.82) is 0 Å². The van der Waals surface area contributed by atoms with Crippen molar-refractivity contribution >= 4 is 43.5 Å². The van der Waals surface area contributed by atoms with Gasteiger partial charge < -0.3 is 4.42 Å². The standard InChI is InChI=1S/C49H32N4OS/c1-49(2)39-28-33(24-25-34(39)36-26-27-40-44(42(36)49)55-48(50-40)32-14-7-4-8-15-32)29-20-22-31(23-21-29)46-51-45(30-12-5-3-6-13-30)52-47(53-46)38-18-11-17-37-35-16-9-10-19-41(35)54-43(37)38/h3-28H,1-2H3. The first kappa shape index (κ1) is 31.7. The smallest absolute Gasteiger partial charge is 0.167 e. The Morgan fingerprint density at radius 2 is 1.09 bits per heavy atom. The Morgan fingerprint density at radius 3 is 1.87 bits per heavy atom. The van der Waals surface area contributed by atoms with Gasteiger partial charge in [-0.25, -0.2) is 19.9 Å². The summed E-state index contributed by atoms with van der Waals surface area (Å²) < 4.78 is 7.67. The molecule has 0 fully saturated rings. The summed E-state index contributed by atoms with van der Waals surface area (Å²) >= 11 is 1.80. The first-order valence-corrected chi connectivity index (χ1v) is 19.3. The third-order valence-corrected chi connectivity index (χ3v) is 12.1. The molecule has 0 unspecified atom stereocenters. The summed E-state index contributed by atoms with van der Waals surface area (Å²) in [5.41, 5.74) is 13.9. The topological polar surface area (TPSA) is 64.7 Å². The fourth-order valence-corrected chi connectivity index (χ4v) is 9.51. The number of furan rings is 1. The Kier molecular flexibility index (Phi) is 7.00. The van der Waals surface area contributed by atoms with Gasteiger partial charge in [-0.3, -0.25) is 0 Å². The van der Waals surface area contributed by atoms with Gasteiger partial charge in [0.1, 0.15) is 16.2 Å². The van der Waals surface area contributed by atoms with E-state index in [1.165, 1.54) is 32.5 Å². The van der Waals surface area contributed by atoms with Gasteiger partial charge in [-0.1, -0.05) is 147 Å². The maximum absolute atomic E-state index is 6.40. The number of benzene rings is 7. The molecule has 1 aliphatic carbocycles. The van der Waals surface area contributed by atoms with Gasteiger partial charge >= 0.3 is 0 Å². The Bertz CT molecular complexity index is 3110. The third kappa shape index (κ3) is 5.06. The number of hydrogen-bond donors (Lipinski definition) is 0. The number of hydrogen-bond acceptors (Lipinski definition) is 6. The molecule has 10 aromatic rings. The van der Waals surface area contributed by atoms with Crippen LogP contribution >= 0.6 is 11.3 Å². The molecule has 0 spiro atoms. The van der Waals surface area contributed by atoms with Gasteiger partial charge in [0.05, 0.1) is 15.8 Å². The molecule has 1 aliphatic rings. The zero-order valence-corrected chi connectivity index (χ0v) is 30.9. The maximum Gasteiger partial charge on any atom is 0.167 e. The van der Waals surface area contributed by atoms with Crippen LogP contribution in [0.5, 0.6) is 0 Å². The molecule has 0 saturated heterocycles. The Balaban J connectivity index is 0.976. The van der Waals surface area contributed by atoms with Gasteiger partial charge in [0, 0.05) is 32.9 Å². The zero-order valence-electron chi connectivity index (χ0n) is 30.1. The second kappa shape index (κ2) is 12.1. The first-order valence-electron chi connectivity index (χ1n) is 18.5. The molecule has 0 radical (unpaired) electrons. The van der Waals surface area contributed by atoms with Crippen LogP contribution in [0.25, 0.3) is 99.1 Å². The number of para-hydroxylation sites is 2. The van der Waals surface area contributed by atoms with E-state index in [0.717, 1.165) is 60.3 Å². The summed E-state index contributed by atoms with van der Waals surface area (Å²) in [6.07, 6.45) is 0.